The largest absolute Gasteiger partial charge is 0.477 e. The second-order valence-corrected chi connectivity index (χ2v) is 3.05. The smallest absolute Gasteiger partial charge is 0.170 e. The van der Waals surface area contributed by atoms with Gasteiger partial charge >= 0.3 is 0 Å². The number of terminal acetylenes is 1. The molecule has 0 atom stereocenters. The van der Waals surface area contributed by atoms with Crippen molar-refractivity contribution in [2.24, 2.45) is 0 Å². The van der Waals surface area contributed by atoms with Gasteiger partial charge in [-0.2, -0.15) is 0 Å². The number of hydrogen-bond donors (Lipinski definition) is 0. The first-order valence-corrected chi connectivity index (χ1v) is 4.15. The van der Waals surface area contributed by atoms with Crippen LogP contribution in [0.25, 0.3) is 0 Å². The molecule has 1 aromatic carbocycles. The number of ether oxygens (including phenoxy) is 1. The van der Waals surface area contributed by atoms with Crippen LogP contribution < -0.4 is 4.74 Å². The minimum absolute atomic E-state index is 0.0544. The van der Waals surface area contributed by atoms with Crippen molar-refractivity contribution in [3.05, 3.63) is 28.2 Å². The SMILES string of the molecule is C#CCOc1c(F)cc(F)cc1Br. The molecule has 0 radical (unpaired) electrons. The third kappa shape index (κ3) is 2.43. The Bertz CT molecular complexity index is 334. The predicted octanol–water partition coefficient (Wildman–Crippen LogP) is 2.74. The van der Waals surface area contributed by atoms with Gasteiger partial charge in [0, 0.05) is 6.07 Å². The van der Waals surface area contributed by atoms with Gasteiger partial charge in [-0.05, 0) is 22.0 Å². The summed E-state index contributed by atoms with van der Waals surface area (Å²) in [6, 6.07) is 1.84. The van der Waals surface area contributed by atoms with Crippen molar-refractivity contribution in [1.82, 2.24) is 0 Å². The highest BCUT2D eigenvalue weighted by Gasteiger charge is 2.09. The Morgan fingerprint density at radius 1 is 1.46 bits per heavy atom. The molecule has 0 fully saturated rings. The van der Waals surface area contributed by atoms with Crippen molar-refractivity contribution in [1.29, 1.82) is 0 Å². The lowest BCUT2D eigenvalue weighted by Gasteiger charge is -2.05. The minimum Gasteiger partial charge on any atom is -0.477 e. The molecule has 4 heteroatoms. The van der Waals surface area contributed by atoms with Crippen LogP contribution in [0.5, 0.6) is 5.75 Å². The Morgan fingerprint density at radius 3 is 2.69 bits per heavy atom. The Balaban J connectivity index is 3.00. The van der Waals surface area contributed by atoms with E-state index in [-0.39, 0.29) is 16.8 Å². The molecule has 0 saturated heterocycles. The topological polar surface area (TPSA) is 9.23 Å². The lowest BCUT2D eigenvalue weighted by Crippen LogP contribution is -1.97. The molecule has 0 N–H and O–H groups in total. The Labute approximate surface area is 82.8 Å². The molecule has 1 aromatic rings. The number of benzene rings is 1. The monoisotopic (exact) mass is 246 g/mol. The summed E-state index contributed by atoms with van der Waals surface area (Å²) in [5.74, 6) is 0.667. The maximum atomic E-state index is 13.0. The van der Waals surface area contributed by atoms with Gasteiger partial charge in [0.1, 0.15) is 12.4 Å². The lowest BCUT2D eigenvalue weighted by atomic mass is 10.3. The van der Waals surface area contributed by atoms with Gasteiger partial charge < -0.3 is 4.74 Å². The zero-order chi connectivity index (χ0) is 9.84. The summed E-state index contributed by atoms with van der Waals surface area (Å²) in [4.78, 5) is 0. The zero-order valence-electron chi connectivity index (χ0n) is 6.48. The summed E-state index contributed by atoms with van der Waals surface area (Å²) in [7, 11) is 0. The number of hydrogen-bond acceptors (Lipinski definition) is 1. The van der Waals surface area contributed by atoms with E-state index in [4.69, 9.17) is 11.2 Å². The van der Waals surface area contributed by atoms with Gasteiger partial charge in [0.2, 0.25) is 0 Å². The summed E-state index contributed by atoms with van der Waals surface area (Å²) < 4.78 is 30.6. The third-order valence-corrected chi connectivity index (χ3v) is 1.85. The molecule has 0 unspecified atom stereocenters. The van der Waals surface area contributed by atoms with Gasteiger partial charge in [-0.15, -0.1) is 6.42 Å². The van der Waals surface area contributed by atoms with Crippen LogP contribution >= 0.6 is 15.9 Å². The predicted molar refractivity (Wildman–Crippen MR) is 48.4 cm³/mol. The number of rotatable bonds is 2. The van der Waals surface area contributed by atoms with Crippen molar-refractivity contribution in [3.8, 4) is 18.1 Å². The van der Waals surface area contributed by atoms with E-state index < -0.39 is 11.6 Å². The normalized spacial score (nSPS) is 9.38. The van der Waals surface area contributed by atoms with Crippen LogP contribution in [0.15, 0.2) is 16.6 Å². The maximum Gasteiger partial charge on any atom is 0.170 e. The minimum atomic E-state index is -0.776. The standard InChI is InChI=1S/C9H5BrF2O/c1-2-3-13-9-7(10)4-6(11)5-8(9)12/h1,4-5H,3H2. The highest BCUT2D eigenvalue weighted by atomic mass is 79.9. The van der Waals surface area contributed by atoms with Gasteiger partial charge in [0.05, 0.1) is 4.47 Å². The average Bonchev–Trinajstić information content (AvgIpc) is 2.02. The van der Waals surface area contributed by atoms with Crippen LogP contribution in [0.4, 0.5) is 8.78 Å². The van der Waals surface area contributed by atoms with Crippen molar-refractivity contribution in [3.63, 3.8) is 0 Å². The second kappa shape index (κ2) is 4.24. The average molecular weight is 247 g/mol. The zero-order valence-corrected chi connectivity index (χ0v) is 8.07. The van der Waals surface area contributed by atoms with Crippen LogP contribution in [0.3, 0.4) is 0 Å². The van der Waals surface area contributed by atoms with E-state index in [1.54, 1.807) is 0 Å². The van der Waals surface area contributed by atoms with Gasteiger partial charge in [-0.25, -0.2) is 8.78 Å². The first-order chi connectivity index (χ1) is 6.15. The molecular formula is C9H5BrF2O. The fourth-order valence-electron chi connectivity index (χ4n) is 0.781. The lowest BCUT2D eigenvalue weighted by molar-refractivity contribution is 0.344. The maximum absolute atomic E-state index is 13.0. The molecule has 13 heavy (non-hydrogen) atoms. The van der Waals surface area contributed by atoms with E-state index in [2.05, 4.69) is 21.9 Å². The molecule has 0 spiro atoms. The number of halogens is 3. The summed E-state index contributed by atoms with van der Waals surface area (Å²) >= 11 is 2.95. The van der Waals surface area contributed by atoms with Crippen LogP contribution in [0.2, 0.25) is 0 Å². The van der Waals surface area contributed by atoms with Crippen LogP contribution in [-0.4, -0.2) is 6.61 Å². The van der Waals surface area contributed by atoms with Gasteiger partial charge in [0.15, 0.2) is 11.6 Å². The van der Waals surface area contributed by atoms with E-state index in [1.807, 2.05) is 0 Å². The van der Waals surface area contributed by atoms with Crippen LogP contribution in [-0.2, 0) is 0 Å². The Morgan fingerprint density at radius 2 is 2.15 bits per heavy atom. The first-order valence-electron chi connectivity index (χ1n) is 3.36. The molecule has 1 nitrogen and oxygen atoms in total. The van der Waals surface area contributed by atoms with Crippen LogP contribution in [0, 0.1) is 24.0 Å². The van der Waals surface area contributed by atoms with Crippen LogP contribution in [0.1, 0.15) is 0 Å². The second-order valence-electron chi connectivity index (χ2n) is 2.19. The fraction of sp³-hybridized carbons (Fsp3) is 0.111. The molecule has 0 amide bonds. The molecule has 68 valence electrons. The van der Waals surface area contributed by atoms with E-state index in [9.17, 15) is 8.78 Å². The third-order valence-electron chi connectivity index (χ3n) is 1.26. The van der Waals surface area contributed by atoms with Crippen molar-refractivity contribution < 1.29 is 13.5 Å². The first kappa shape index (κ1) is 10.0. The quantitative estimate of drug-likeness (QED) is 0.730. The molecule has 0 heterocycles. The van der Waals surface area contributed by atoms with Gasteiger partial charge in [-0.3, -0.25) is 0 Å². The summed E-state index contributed by atoms with van der Waals surface area (Å²) in [5.41, 5.74) is 0. The summed E-state index contributed by atoms with van der Waals surface area (Å²) in [5, 5.41) is 0. The Hall–Kier alpha value is -1.08. The molecule has 0 bridgehead atoms. The summed E-state index contributed by atoms with van der Waals surface area (Å²) in [6.45, 7) is -0.0544. The van der Waals surface area contributed by atoms with Gasteiger partial charge in [-0.1, -0.05) is 5.92 Å². The highest BCUT2D eigenvalue weighted by molar-refractivity contribution is 9.10. The molecular weight excluding hydrogens is 242 g/mol. The summed E-state index contributed by atoms with van der Waals surface area (Å²) in [6.07, 6.45) is 4.92. The Kier molecular flexibility index (Phi) is 3.26. The van der Waals surface area contributed by atoms with Crippen molar-refractivity contribution in [2.45, 2.75) is 0 Å². The molecule has 0 aliphatic carbocycles. The van der Waals surface area contributed by atoms with E-state index in [0.29, 0.717) is 0 Å². The van der Waals surface area contributed by atoms with E-state index >= 15 is 0 Å². The molecule has 0 saturated carbocycles. The molecule has 0 aliphatic heterocycles. The van der Waals surface area contributed by atoms with Crippen molar-refractivity contribution in [2.75, 3.05) is 6.61 Å². The molecule has 0 aromatic heterocycles. The molecule has 1 rings (SSSR count). The van der Waals surface area contributed by atoms with Gasteiger partial charge in [0.25, 0.3) is 0 Å². The fourth-order valence-corrected chi connectivity index (χ4v) is 1.30. The molecule has 0 aliphatic rings. The van der Waals surface area contributed by atoms with Crippen molar-refractivity contribution >= 4 is 15.9 Å². The van der Waals surface area contributed by atoms with E-state index in [1.165, 1.54) is 0 Å². The highest BCUT2D eigenvalue weighted by Crippen LogP contribution is 2.28. The van der Waals surface area contributed by atoms with E-state index in [0.717, 1.165) is 12.1 Å².